The molecule has 3 nitrogen and oxygen atoms in total. The van der Waals surface area contributed by atoms with E-state index in [1.54, 1.807) is 18.0 Å². The van der Waals surface area contributed by atoms with E-state index in [1.165, 1.54) is 4.90 Å². The summed E-state index contributed by atoms with van der Waals surface area (Å²) < 4.78 is 0.983. The van der Waals surface area contributed by atoms with Crippen molar-refractivity contribution in [1.29, 1.82) is 0 Å². The van der Waals surface area contributed by atoms with Crippen LogP contribution in [0.25, 0.3) is 0 Å². The van der Waals surface area contributed by atoms with Crippen LogP contribution in [-0.4, -0.2) is 17.9 Å². The van der Waals surface area contributed by atoms with Crippen molar-refractivity contribution in [3.05, 3.63) is 64.6 Å². The normalized spacial score (nSPS) is 10.7. The number of hydrazone groups is 1. The fraction of sp³-hybridized carbons (Fsp3) is 0.125. The molecule has 0 fully saturated rings. The van der Waals surface area contributed by atoms with Crippen molar-refractivity contribution in [2.24, 2.45) is 5.10 Å². The number of carbonyl (C=O) groups excluding carboxylic acids is 1. The number of nitrogens with one attached hydrogen (secondary N) is 1. The average Bonchev–Trinajstić information content (AvgIpc) is 2.48. The fourth-order valence-corrected chi connectivity index (χ4v) is 2.89. The number of carbonyl (C=O) groups is 1. The van der Waals surface area contributed by atoms with Gasteiger partial charge in [-0.05, 0) is 29.8 Å². The molecular formula is C16H15BrN2OS. The molecule has 5 heteroatoms. The largest absolute Gasteiger partial charge is 0.273 e. The van der Waals surface area contributed by atoms with Gasteiger partial charge < -0.3 is 0 Å². The van der Waals surface area contributed by atoms with E-state index in [9.17, 15) is 4.79 Å². The predicted molar refractivity (Wildman–Crippen MR) is 91.7 cm³/mol. The van der Waals surface area contributed by atoms with Gasteiger partial charge in [-0.2, -0.15) is 5.10 Å². The third-order valence-electron chi connectivity index (χ3n) is 2.59. The first kappa shape index (κ1) is 15.8. The Kier molecular flexibility index (Phi) is 6.50. The maximum absolute atomic E-state index is 11.6. The molecule has 0 radical (unpaired) electrons. The smallest absolute Gasteiger partial charge is 0.240 e. The highest BCUT2D eigenvalue weighted by atomic mass is 79.9. The third-order valence-corrected chi connectivity index (χ3v) is 4.10. The van der Waals surface area contributed by atoms with E-state index in [0.717, 1.165) is 15.8 Å². The molecule has 0 aliphatic heterocycles. The van der Waals surface area contributed by atoms with Gasteiger partial charge in [-0.25, -0.2) is 5.43 Å². The molecule has 0 saturated heterocycles. The lowest BCUT2D eigenvalue weighted by Crippen LogP contribution is -2.17. The van der Waals surface area contributed by atoms with Crippen molar-refractivity contribution in [1.82, 2.24) is 5.43 Å². The summed E-state index contributed by atoms with van der Waals surface area (Å²) in [6.07, 6.45) is 2.07. The van der Waals surface area contributed by atoms with E-state index in [-0.39, 0.29) is 5.91 Å². The van der Waals surface area contributed by atoms with Gasteiger partial charge in [0, 0.05) is 21.5 Å². The van der Waals surface area contributed by atoms with E-state index in [0.29, 0.717) is 6.42 Å². The number of hydrogen-bond acceptors (Lipinski definition) is 3. The molecule has 1 N–H and O–H groups in total. The minimum Gasteiger partial charge on any atom is -0.273 e. The van der Waals surface area contributed by atoms with E-state index in [4.69, 9.17) is 0 Å². The van der Waals surface area contributed by atoms with Crippen LogP contribution < -0.4 is 5.43 Å². The Bertz CT molecular complexity index is 617. The molecule has 21 heavy (non-hydrogen) atoms. The van der Waals surface area contributed by atoms with Gasteiger partial charge in [0.1, 0.15) is 0 Å². The molecule has 2 aromatic rings. The summed E-state index contributed by atoms with van der Waals surface area (Å²) in [5, 5.41) is 3.95. The molecule has 2 aromatic carbocycles. The maximum Gasteiger partial charge on any atom is 0.240 e. The van der Waals surface area contributed by atoms with Crippen molar-refractivity contribution in [2.45, 2.75) is 11.3 Å². The highest BCUT2D eigenvalue weighted by Crippen LogP contribution is 2.17. The summed E-state index contributed by atoms with van der Waals surface area (Å²) in [4.78, 5) is 12.8. The second-order valence-electron chi connectivity index (χ2n) is 4.26. The lowest BCUT2D eigenvalue weighted by Gasteiger charge is -2.01. The van der Waals surface area contributed by atoms with Gasteiger partial charge in [0.2, 0.25) is 5.91 Å². The molecule has 0 aliphatic carbocycles. The fourth-order valence-electron chi connectivity index (χ4n) is 1.60. The lowest BCUT2D eigenvalue weighted by molar-refractivity contribution is -0.120. The summed E-state index contributed by atoms with van der Waals surface area (Å²) in [5.74, 6) is 0.659. The van der Waals surface area contributed by atoms with Gasteiger partial charge in [0.15, 0.2) is 0 Å². The SMILES string of the molecule is O=C(CCSc1ccccc1)N/N=C\c1cccc(Br)c1. The van der Waals surface area contributed by atoms with E-state index in [1.807, 2.05) is 54.6 Å². The molecule has 0 heterocycles. The molecular weight excluding hydrogens is 348 g/mol. The second kappa shape index (κ2) is 8.64. The molecule has 108 valence electrons. The Morgan fingerprint density at radius 2 is 2.00 bits per heavy atom. The highest BCUT2D eigenvalue weighted by Gasteiger charge is 2.00. The van der Waals surface area contributed by atoms with Crippen molar-refractivity contribution < 1.29 is 4.79 Å². The number of thioether (sulfide) groups is 1. The van der Waals surface area contributed by atoms with Gasteiger partial charge in [-0.15, -0.1) is 11.8 Å². The molecule has 0 unspecified atom stereocenters. The van der Waals surface area contributed by atoms with E-state index >= 15 is 0 Å². The van der Waals surface area contributed by atoms with Gasteiger partial charge in [0.25, 0.3) is 0 Å². The van der Waals surface area contributed by atoms with Gasteiger partial charge in [-0.1, -0.05) is 46.3 Å². The highest BCUT2D eigenvalue weighted by molar-refractivity contribution is 9.10. The number of halogens is 1. The maximum atomic E-state index is 11.6. The summed E-state index contributed by atoms with van der Waals surface area (Å²) in [6, 6.07) is 17.7. The first-order chi connectivity index (χ1) is 10.2. The Morgan fingerprint density at radius 1 is 1.19 bits per heavy atom. The zero-order chi connectivity index (χ0) is 14.9. The summed E-state index contributed by atoms with van der Waals surface area (Å²) in [7, 11) is 0. The zero-order valence-electron chi connectivity index (χ0n) is 11.3. The minimum absolute atomic E-state index is 0.0790. The third kappa shape index (κ3) is 6.14. The van der Waals surface area contributed by atoms with Crippen molar-refractivity contribution >= 4 is 39.8 Å². The molecule has 0 aliphatic rings. The Labute approximate surface area is 137 Å². The zero-order valence-corrected chi connectivity index (χ0v) is 13.7. The monoisotopic (exact) mass is 362 g/mol. The van der Waals surface area contributed by atoms with Crippen molar-refractivity contribution in [2.75, 3.05) is 5.75 Å². The standard InChI is InChI=1S/C16H15BrN2OS/c17-14-6-4-5-13(11-14)12-18-19-16(20)9-10-21-15-7-2-1-3-8-15/h1-8,11-12H,9-10H2,(H,19,20)/b18-12-. The quantitative estimate of drug-likeness (QED) is 0.477. The predicted octanol–water partition coefficient (Wildman–Crippen LogP) is 4.08. The number of amides is 1. The minimum atomic E-state index is -0.0790. The van der Waals surface area contributed by atoms with E-state index < -0.39 is 0 Å². The van der Waals surface area contributed by atoms with Crippen LogP contribution in [0.4, 0.5) is 0 Å². The van der Waals surface area contributed by atoms with Crippen LogP contribution in [0, 0.1) is 0 Å². The number of hydrogen-bond donors (Lipinski definition) is 1. The summed E-state index contributed by atoms with van der Waals surface area (Å²) in [6.45, 7) is 0. The molecule has 0 spiro atoms. The van der Waals surface area contributed by atoms with Gasteiger partial charge >= 0.3 is 0 Å². The van der Waals surface area contributed by atoms with E-state index in [2.05, 4.69) is 26.5 Å². The van der Waals surface area contributed by atoms with Crippen molar-refractivity contribution in [3.63, 3.8) is 0 Å². The van der Waals surface area contributed by atoms with Gasteiger partial charge in [-0.3, -0.25) is 4.79 Å². The molecule has 1 amide bonds. The Hall–Kier alpha value is -1.59. The van der Waals surface area contributed by atoms with Crippen LogP contribution >= 0.6 is 27.7 Å². The molecule has 2 rings (SSSR count). The van der Waals surface area contributed by atoms with Gasteiger partial charge in [0.05, 0.1) is 6.21 Å². The Balaban J connectivity index is 1.70. The number of rotatable bonds is 6. The van der Waals surface area contributed by atoms with Crippen molar-refractivity contribution in [3.8, 4) is 0 Å². The summed E-state index contributed by atoms with van der Waals surface area (Å²) >= 11 is 5.05. The molecule has 0 bridgehead atoms. The lowest BCUT2D eigenvalue weighted by atomic mass is 10.2. The summed E-state index contributed by atoms with van der Waals surface area (Å²) in [5.41, 5.74) is 3.47. The van der Waals surface area contributed by atoms with Crippen LogP contribution in [0.1, 0.15) is 12.0 Å². The first-order valence-electron chi connectivity index (χ1n) is 6.49. The molecule has 0 atom stereocenters. The van der Waals surface area contributed by atoms with Crippen LogP contribution in [0.15, 0.2) is 69.1 Å². The molecule has 0 aromatic heterocycles. The second-order valence-corrected chi connectivity index (χ2v) is 6.34. The number of benzene rings is 2. The first-order valence-corrected chi connectivity index (χ1v) is 8.27. The topological polar surface area (TPSA) is 41.5 Å². The number of nitrogens with zero attached hydrogens (tertiary/aromatic N) is 1. The van der Waals surface area contributed by atoms with Crippen LogP contribution in [-0.2, 0) is 4.79 Å². The van der Waals surface area contributed by atoms with Crippen LogP contribution in [0.3, 0.4) is 0 Å². The van der Waals surface area contributed by atoms with Crippen LogP contribution in [0.5, 0.6) is 0 Å². The molecule has 0 saturated carbocycles. The average molecular weight is 363 g/mol. The Morgan fingerprint density at radius 3 is 2.76 bits per heavy atom. The van der Waals surface area contributed by atoms with Crippen LogP contribution in [0.2, 0.25) is 0 Å².